The molecule has 0 heterocycles. The van der Waals surface area contributed by atoms with E-state index in [-0.39, 0.29) is 13.8 Å². The van der Waals surface area contributed by atoms with Gasteiger partial charge in [-0.3, -0.25) is 4.79 Å². The van der Waals surface area contributed by atoms with Crippen LogP contribution in [0.3, 0.4) is 0 Å². The molecule has 6 nitrogen and oxygen atoms in total. The first-order valence-corrected chi connectivity index (χ1v) is 7.36. The minimum atomic E-state index is -0.352. The van der Waals surface area contributed by atoms with Crippen LogP contribution in [0.2, 0.25) is 0 Å². The largest absolute Gasteiger partial charge is 0.379 e. The van der Waals surface area contributed by atoms with E-state index in [9.17, 15) is 4.79 Å². The summed E-state index contributed by atoms with van der Waals surface area (Å²) in [4.78, 5) is 10.4. The molecule has 20 heavy (non-hydrogen) atoms. The molecule has 0 radical (unpaired) electrons. The maximum absolute atomic E-state index is 10.4. The zero-order valence-corrected chi connectivity index (χ0v) is 13.2. The Kier molecular flexibility index (Phi) is 22.3. The van der Waals surface area contributed by atoms with E-state index in [0.717, 1.165) is 13.0 Å². The molecule has 0 aromatic heterocycles. The molecule has 0 bridgehead atoms. The number of primary amides is 1. The maximum Gasteiger partial charge on any atom is 0.219 e. The molecule has 0 atom stereocenters. The van der Waals surface area contributed by atoms with Gasteiger partial charge in [-0.1, -0.05) is 20.8 Å². The molecule has 0 fully saturated rings. The van der Waals surface area contributed by atoms with Gasteiger partial charge in [-0.05, 0) is 6.42 Å². The summed E-state index contributed by atoms with van der Waals surface area (Å²) in [5.41, 5.74) is 4.95. The Morgan fingerprint density at radius 3 is 1.50 bits per heavy atom. The third kappa shape index (κ3) is 22.5. The smallest absolute Gasteiger partial charge is 0.219 e. The first-order chi connectivity index (χ1) is 9.77. The average molecular weight is 295 g/mol. The fraction of sp³-hybridized carbons (Fsp3) is 0.929. The van der Waals surface area contributed by atoms with Crippen molar-refractivity contribution in [3.05, 3.63) is 0 Å². The molecule has 0 aliphatic carbocycles. The van der Waals surface area contributed by atoms with Gasteiger partial charge >= 0.3 is 0 Å². The quantitative estimate of drug-likeness (QED) is 0.492. The summed E-state index contributed by atoms with van der Waals surface area (Å²) in [5, 5.41) is 0. The van der Waals surface area contributed by atoms with Crippen LogP contribution in [0, 0.1) is 0 Å². The number of amides is 1. The summed E-state index contributed by atoms with van der Waals surface area (Å²) < 4.78 is 20.9. The van der Waals surface area contributed by atoms with Gasteiger partial charge in [0.05, 0.1) is 46.2 Å². The molecule has 0 rings (SSSR count). The summed E-state index contributed by atoms with van der Waals surface area (Å²) >= 11 is 0. The summed E-state index contributed by atoms with van der Waals surface area (Å²) in [6.45, 7) is 10.5. The van der Waals surface area contributed by atoms with Gasteiger partial charge in [0.1, 0.15) is 0 Å². The molecule has 0 aliphatic rings. The highest BCUT2D eigenvalue weighted by Crippen LogP contribution is 1.85. The lowest BCUT2D eigenvalue weighted by Gasteiger charge is -2.06. The predicted octanol–water partition coefficient (Wildman–Crippen LogP) is 1.61. The van der Waals surface area contributed by atoms with Crippen LogP contribution in [-0.4, -0.2) is 58.8 Å². The van der Waals surface area contributed by atoms with Gasteiger partial charge in [0, 0.05) is 14.5 Å². The minimum Gasteiger partial charge on any atom is -0.379 e. The molecule has 2 N–H and O–H groups in total. The molecule has 0 saturated heterocycles. The summed E-state index contributed by atoms with van der Waals surface area (Å²) in [6, 6.07) is 0. The second-order valence-corrected chi connectivity index (χ2v) is 3.67. The van der Waals surface area contributed by atoms with Gasteiger partial charge in [-0.2, -0.15) is 0 Å². The first kappa shape index (κ1) is 21.6. The Labute approximate surface area is 124 Å². The topological polar surface area (TPSA) is 80.0 Å². The number of carbonyl (C=O) groups excluding carboxylic acids is 1. The summed E-state index contributed by atoms with van der Waals surface area (Å²) in [7, 11) is 0. The Balaban J connectivity index is -0.00000103. The van der Waals surface area contributed by atoms with Crippen molar-refractivity contribution in [2.45, 2.75) is 33.6 Å². The van der Waals surface area contributed by atoms with Crippen molar-refractivity contribution in [2.75, 3.05) is 52.9 Å². The van der Waals surface area contributed by atoms with Crippen LogP contribution < -0.4 is 5.73 Å². The number of nitrogens with two attached hydrogens (primary N) is 1. The normalized spacial score (nSPS) is 9.95. The van der Waals surface area contributed by atoms with Crippen LogP contribution in [0.5, 0.6) is 0 Å². The van der Waals surface area contributed by atoms with Gasteiger partial charge in [-0.15, -0.1) is 0 Å². The molecule has 124 valence electrons. The van der Waals surface area contributed by atoms with Gasteiger partial charge in [0.25, 0.3) is 0 Å². The standard InChI is InChI=1S/C12H25NO5.C2H6.H2/c1-2-4-15-6-8-17-10-11-18-9-7-16-5-3-12(13)14;1-2;/h2-11H2,1H3,(H2,13,14);1-2H3;1H. The molecule has 0 aliphatic heterocycles. The fourth-order valence-electron chi connectivity index (χ4n) is 1.08. The van der Waals surface area contributed by atoms with E-state index in [4.69, 9.17) is 24.7 Å². The second kappa shape index (κ2) is 20.6. The molecular formula is C14H33NO5. The molecule has 6 heteroatoms. The fourth-order valence-corrected chi connectivity index (χ4v) is 1.08. The zero-order chi connectivity index (χ0) is 15.5. The molecule has 0 unspecified atom stereocenters. The van der Waals surface area contributed by atoms with E-state index in [1.165, 1.54) is 0 Å². The number of ether oxygens (including phenoxy) is 4. The van der Waals surface area contributed by atoms with E-state index < -0.39 is 0 Å². The van der Waals surface area contributed by atoms with Crippen LogP contribution in [0.25, 0.3) is 0 Å². The van der Waals surface area contributed by atoms with Crippen molar-refractivity contribution < 1.29 is 25.2 Å². The second-order valence-electron chi connectivity index (χ2n) is 3.67. The van der Waals surface area contributed by atoms with Crippen LogP contribution in [0.15, 0.2) is 0 Å². The Hall–Kier alpha value is -0.690. The predicted molar refractivity (Wildman–Crippen MR) is 80.8 cm³/mol. The van der Waals surface area contributed by atoms with Gasteiger partial charge in [0.15, 0.2) is 0 Å². The third-order valence-electron chi connectivity index (χ3n) is 1.96. The van der Waals surface area contributed by atoms with Crippen molar-refractivity contribution in [2.24, 2.45) is 5.73 Å². The van der Waals surface area contributed by atoms with Crippen molar-refractivity contribution in [3.63, 3.8) is 0 Å². The number of rotatable bonds is 14. The Morgan fingerprint density at radius 2 is 1.15 bits per heavy atom. The van der Waals surface area contributed by atoms with Crippen molar-refractivity contribution in [1.82, 2.24) is 0 Å². The minimum absolute atomic E-state index is 0. The molecule has 0 spiro atoms. The highest BCUT2D eigenvalue weighted by atomic mass is 16.6. The van der Waals surface area contributed by atoms with Crippen LogP contribution in [0.4, 0.5) is 0 Å². The van der Waals surface area contributed by atoms with Crippen molar-refractivity contribution in [1.29, 1.82) is 0 Å². The molecule has 0 aromatic rings. The van der Waals surface area contributed by atoms with Crippen LogP contribution in [0.1, 0.15) is 35.0 Å². The van der Waals surface area contributed by atoms with Gasteiger partial charge in [0.2, 0.25) is 5.91 Å². The zero-order valence-electron chi connectivity index (χ0n) is 13.2. The lowest BCUT2D eigenvalue weighted by molar-refractivity contribution is -0.119. The molecule has 0 saturated carbocycles. The van der Waals surface area contributed by atoms with E-state index >= 15 is 0 Å². The molecule has 1 amide bonds. The number of hydrogen-bond donors (Lipinski definition) is 1. The Morgan fingerprint density at radius 1 is 0.800 bits per heavy atom. The SMILES string of the molecule is CC.CCCOCCOCCOCCOCCC(N)=O.[HH]. The highest BCUT2D eigenvalue weighted by Gasteiger charge is 1.94. The van der Waals surface area contributed by atoms with E-state index in [0.29, 0.717) is 46.2 Å². The summed E-state index contributed by atoms with van der Waals surface area (Å²) in [5.74, 6) is -0.352. The number of carbonyl (C=O) groups is 1. The summed E-state index contributed by atoms with van der Waals surface area (Å²) in [6.07, 6.45) is 1.28. The van der Waals surface area contributed by atoms with E-state index in [1.807, 2.05) is 13.8 Å². The van der Waals surface area contributed by atoms with Crippen LogP contribution in [-0.2, 0) is 23.7 Å². The lowest BCUT2D eigenvalue weighted by Crippen LogP contribution is -2.15. The lowest BCUT2D eigenvalue weighted by atomic mass is 10.4. The monoisotopic (exact) mass is 295 g/mol. The van der Waals surface area contributed by atoms with E-state index in [2.05, 4.69) is 6.92 Å². The van der Waals surface area contributed by atoms with Crippen molar-refractivity contribution >= 4 is 5.91 Å². The highest BCUT2D eigenvalue weighted by molar-refractivity contribution is 5.73. The van der Waals surface area contributed by atoms with Crippen molar-refractivity contribution in [3.8, 4) is 0 Å². The van der Waals surface area contributed by atoms with Gasteiger partial charge in [-0.25, -0.2) is 0 Å². The maximum atomic E-state index is 10.4. The third-order valence-corrected chi connectivity index (χ3v) is 1.96. The Bertz CT molecular complexity index is 196. The van der Waals surface area contributed by atoms with E-state index in [1.54, 1.807) is 0 Å². The van der Waals surface area contributed by atoms with Gasteiger partial charge < -0.3 is 24.7 Å². The average Bonchev–Trinajstić information content (AvgIpc) is 2.46. The number of hydrogen-bond acceptors (Lipinski definition) is 5. The molecular weight excluding hydrogens is 262 g/mol. The first-order valence-electron chi connectivity index (χ1n) is 7.36. The van der Waals surface area contributed by atoms with Crippen LogP contribution >= 0.6 is 0 Å². The molecule has 0 aromatic carbocycles.